The first-order valence-corrected chi connectivity index (χ1v) is 6.83. The molecule has 19 heavy (non-hydrogen) atoms. The molecule has 0 unspecified atom stereocenters. The average Bonchev–Trinajstić information content (AvgIpc) is 2.42. The lowest BCUT2D eigenvalue weighted by Gasteiger charge is -2.32. The Labute approximate surface area is 119 Å². The lowest BCUT2D eigenvalue weighted by Crippen LogP contribution is -2.46. The van der Waals surface area contributed by atoms with E-state index in [1.54, 1.807) is 7.11 Å². The Hall–Kier alpha value is -1.10. The Morgan fingerprint density at radius 1 is 1.21 bits per heavy atom. The molecule has 1 aromatic carbocycles. The van der Waals surface area contributed by atoms with Crippen LogP contribution in [0.2, 0.25) is 5.02 Å². The summed E-state index contributed by atoms with van der Waals surface area (Å²) in [5.74, 6) is 0. The lowest BCUT2D eigenvalue weighted by molar-refractivity contribution is 0.166. The van der Waals surface area contributed by atoms with E-state index in [2.05, 4.69) is 22.0 Å². The van der Waals surface area contributed by atoms with Gasteiger partial charge in [-0.2, -0.15) is 0 Å². The molecule has 0 radical (unpaired) electrons. The third kappa shape index (κ3) is 4.20. The van der Waals surface area contributed by atoms with Gasteiger partial charge in [0.25, 0.3) is 0 Å². The molecule has 0 saturated carbocycles. The molecule has 1 heterocycles. The Kier molecular flexibility index (Phi) is 5.19. The number of nitrogens with zero attached hydrogens (tertiary/aromatic N) is 3. The fourth-order valence-electron chi connectivity index (χ4n) is 2.14. The van der Waals surface area contributed by atoms with Crippen molar-refractivity contribution in [3.63, 3.8) is 0 Å². The van der Waals surface area contributed by atoms with E-state index in [-0.39, 0.29) is 0 Å². The molecule has 4 nitrogen and oxygen atoms in total. The molecule has 1 fully saturated rings. The van der Waals surface area contributed by atoms with Crippen molar-refractivity contribution in [2.24, 2.45) is 5.16 Å². The van der Waals surface area contributed by atoms with Crippen LogP contribution in [0.25, 0.3) is 0 Å². The number of hydrogen-bond donors (Lipinski definition) is 0. The lowest BCUT2D eigenvalue weighted by atomic mass is 10.1. The number of likely N-dealkylation sites (N-methyl/N-ethyl adjacent to an activating group) is 1. The van der Waals surface area contributed by atoms with Crippen molar-refractivity contribution in [2.75, 3.05) is 46.9 Å². The maximum absolute atomic E-state index is 5.91. The number of oxime groups is 1. The summed E-state index contributed by atoms with van der Waals surface area (Å²) < 4.78 is 0. The van der Waals surface area contributed by atoms with E-state index < -0.39 is 0 Å². The van der Waals surface area contributed by atoms with Gasteiger partial charge in [-0.25, -0.2) is 0 Å². The van der Waals surface area contributed by atoms with Crippen molar-refractivity contribution < 1.29 is 4.84 Å². The summed E-state index contributed by atoms with van der Waals surface area (Å²) in [6, 6.07) is 7.73. The van der Waals surface area contributed by atoms with Crippen LogP contribution >= 0.6 is 11.6 Å². The highest BCUT2D eigenvalue weighted by Gasteiger charge is 2.16. The van der Waals surface area contributed by atoms with Gasteiger partial charge in [0.15, 0.2) is 0 Å². The van der Waals surface area contributed by atoms with Crippen LogP contribution in [0.5, 0.6) is 0 Å². The summed E-state index contributed by atoms with van der Waals surface area (Å²) in [5, 5.41) is 4.89. The topological polar surface area (TPSA) is 28.1 Å². The molecule has 0 N–H and O–H groups in total. The molecule has 104 valence electrons. The molecule has 0 aliphatic carbocycles. The van der Waals surface area contributed by atoms with Gasteiger partial charge in [-0.05, 0) is 19.2 Å². The quantitative estimate of drug-likeness (QED) is 0.624. The first kappa shape index (κ1) is 14.3. The molecule has 1 aliphatic heterocycles. The largest absolute Gasteiger partial charge is 0.399 e. The highest BCUT2D eigenvalue weighted by atomic mass is 35.5. The van der Waals surface area contributed by atoms with E-state index in [0.29, 0.717) is 0 Å². The molecule has 1 aliphatic rings. The minimum atomic E-state index is 0.736. The van der Waals surface area contributed by atoms with E-state index in [1.807, 2.05) is 24.3 Å². The molecular formula is C14H20ClN3O. The molecule has 0 aromatic heterocycles. The van der Waals surface area contributed by atoms with Crippen molar-refractivity contribution in [2.45, 2.75) is 0 Å². The average molecular weight is 282 g/mol. The first-order valence-electron chi connectivity index (χ1n) is 6.46. The van der Waals surface area contributed by atoms with Crippen LogP contribution in [0.4, 0.5) is 0 Å². The molecule has 2 rings (SSSR count). The normalized spacial score (nSPS) is 18.6. The number of rotatable bonds is 4. The molecule has 5 heteroatoms. The highest BCUT2D eigenvalue weighted by Crippen LogP contribution is 2.12. The second-order valence-electron chi connectivity index (χ2n) is 4.81. The molecular weight excluding hydrogens is 262 g/mol. The van der Waals surface area contributed by atoms with Gasteiger partial charge >= 0.3 is 0 Å². The zero-order valence-electron chi connectivity index (χ0n) is 11.5. The minimum Gasteiger partial charge on any atom is -0.399 e. The van der Waals surface area contributed by atoms with Crippen molar-refractivity contribution in [3.8, 4) is 0 Å². The summed E-state index contributed by atoms with van der Waals surface area (Å²) in [6.07, 6.45) is 0. The second-order valence-corrected chi connectivity index (χ2v) is 5.24. The summed E-state index contributed by atoms with van der Waals surface area (Å²) in [5.41, 5.74) is 2.01. The van der Waals surface area contributed by atoms with Crippen molar-refractivity contribution in [3.05, 3.63) is 34.9 Å². The zero-order valence-corrected chi connectivity index (χ0v) is 12.2. The first-order chi connectivity index (χ1) is 9.19. The Morgan fingerprint density at radius 3 is 2.42 bits per heavy atom. The van der Waals surface area contributed by atoms with Gasteiger partial charge in [0.1, 0.15) is 12.8 Å². The van der Waals surface area contributed by atoms with E-state index >= 15 is 0 Å². The van der Waals surface area contributed by atoms with Gasteiger partial charge in [-0.15, -0.1) is 0 Å². The number of halogens is 1. The molecule has 0 spiro atoms. The molecule has 0 bridgehead atoms. The van der Waals surface area contributed by atoms with E-state index in [9.17, 15) is 0 Å². The maximum Gasteiger partial charge on any atom is 0.106 e. The van der Waals surface area contributed by atoms with Crippen LogP contribution in [-0.2, 0) is 4.84 Å². The van der Waals surface area contributed by atoms with Gasteiger partial charge in [-0.3, -0.25) is 4.90 Å². The summed E-state index contributed by atoms with van der Waals surface area (Å²) in [7, 11) is 3.74. The SMILES string of the molecule is CON=C(CN1CCN(C)CC1)c1ccc(Cl)cc1. The predicted octanol–water partition coefficient (Wildman–Crippen LogP) is 1.94. The highest BCUT2D eigenvalue weighted by molar-refractivity contribution is 6.30. The minimum absolute atomic E-state index is 0.736. The van der Waals surface area contributed by atoms with Gasteiger partial charge in [-0.1, -0.05) is 28.9 Å². The van der Waals surface area contributed by atoms with Gasteiger partial charge < -0.3 is 9.74 Å². The van der Waals surface area contributed by atoms with Crippen molar-refractivity contribution in [1.29, 1.82) is 0 Å². The fourth-order valence-corrected chi connectivity index (χ4v) is 2.27. The van der Waals surface area contributed by atoms with Crippen LogP contribution in [-0.4, -0.2) is 62.4 Å². The van der Waals surface area contributed by atoms with Gasteiger partial charge in [0.2, 0.25) is 0 Å². The Bertz CT molecular complexity index is 425. The van der Waals surface area contributed by atoms with E-state index in [1.165, 1.54) is 0 Å². The molecule has 1 saturated heterocycles. The Balaban J connectivity index is 2.04. The second kappa shape index (κ2) is 6.89. The van der Waals surface area contributed by atoms with Crippen molar-refractivity contribution >= 4 is 17.3 Å². The maximum atomic E-state index is 5.91. The third-order valence-corrected chi connectivity index (χ3v) is 3.60. The molecule has 0 atom stereocenters. The van der Waals surface area contributed by atoms with Crippen LogP contribution in [0.1, 0.15) is 5.56 Å². The van der Waals surface area contributed by atoms with Crippen LogP contribution in [0, 0.1) is 0 Å². The molecule has 0 amide bonds. The number of piperazine rings is 1. The standard InChI is InChI=1S/C14H20ClN3O/c1-17-7-9-18(10-8-17)11-14(16-19-2)12-3-5-13(15)6-4-12/h3-6H,7-11H2,1-2H3. The smallest absolute Gasteiger partial charge is 0.106 e. The Morgan fingerprint density at radius 2 is 1.84 bits per heavy atom. The van der Waals surface area contributed by atoms with Crippen LogP contribution in [0.15, 0.2) is 29.4 Å². The van der Waals surface area contributed by atoms with Crippen LogP contribution in [0.3, 0.4) is 0 Å². The zero-order chi connectivity index (χ0) is 13.7. The molecule has 1 aromatic rings. The van der Waals surface area contributed by atoms with Crippen LogP contribution < -0.4 is 0 Å². The van der Waals surface area contributed by atoms with Gasteiger partial charge in [0, 0.05) is 43.3 Å². The summed E-state index contributed by atoms with van der Waals surface area (Å²) in [6.45, 7) is 5.13. The van der Waals surface area contributed by atoms with E-state index in [0.717, 1.165) is 49.0 Å². The van der Waals surface area contributed by atoms with Crippen molar-refractivity contribution in [1.82, 2.24) is 9.80 Å². The third-order valence-electron chi connectivity index (χ3n) is 3.35. The fraction of sp³-hybridized carbons (Fsp3) is 0.500. The van der Waals surface area contributed by atoms with Gasteiger partial charge in [0.05, 0.1) is 0 Å². The number of hydrogen-bond acceptors (Lipinski definition) is 4. The predicted molar refractivity (Wildman–Crippen MR) is 78.9 cm³/mol. The summed E-state index contributed by atoms with van der Waals surface area (Å²) in [4.78, 5) is 9.70. The number of benzene rings is 1. The monoisotopic (exact) mass is 281 g/mol. The summed E-state index contributed by atoms with van der Waals surface area (Å²) >= 11 is 5.91. The van der Waals surface area contributed by atoms with E-state index in [4.69, 9.17) is 16.4 Å².